The molecule has 3 nitrogen and oxygen atoms in total. The SMILES string of the molecule is Cc1cc(S(=O)(=O)OC(C)C)ccc1Br. The standard InChI is InChI=1S/C10H13BrO3S/c1-7(2)14-15(12,13)9-4-5-10(11)8(3)6-9/h4-7H,1-3H3. The van der Waals surface area contributed by atoms with Gasteiger partial charge in [0.15, 0.2) is 0 Å². The monoisotopic (exact) mass is 292 g/mol. The van der Waals surface area contributed by atoms with Gasteiger partial charge in [-0.25, -0.2) is 0 Å². The van der Waals surface area contributed by atoms with E-state index >= 15 is 0 Å². The molecule has 0 fully saturated rings. The highest BCUT2D eigenvalue weighted by Gasteiger charge is 2.17. The third-order valence-corrected chi connectivity index (χ3v) is 4.10. The third-order valence-electron chi connectivity index (χ3n) is 1.74. The molecule has 1 aromatic carbocycles. The first-order valence-corrected chi connectivity index (χ1v) is 6.72. The Bertz CT molecular complexity index is 452. The first-order chi connectivity index (χ1) is 6.83. The average Bonchev–Trinajstić information content (AvgIpc) is 2.07. The summed E-state index contributed by atoms with van der Waals surface area (Å²) in [7, 11) is -3.62. The van der Waals surface area contributed by atoms with Crippen LogP contribution in [0.2, 0.25) is 0 Å². The maximum atomic E-state index is 11.7. The van der Waals surface area contributed by atoms with Crippen molar-refractivity contribution in [2.45, 2.75) is 31.8 Å². The van der Waals surface area contributed by atoms with Gasteiger partial charge >= 0.3 is 0 Å². The van der Waals surface area contributed by atoms with Crippen molar-refractivity contribution in [3.63, 3.8) is 0 Å². The van der Waals surface area contributed by atoms with Gasteiger partial charge in [0, 0.05) is 4.47 Å². The van der Waals surface area contributed by atoms with E-state index in [9.17, 15) is 8.42 Å². The van der Waals surface area contributed by atoms with Crippen LogP contribution in [-0.2, 0) is 14.3 Å². The number of hydrogen-bond acceptors (Lipinski definition) is 3. The van der Waals surface area contributed by atoms with Crippen molar-refractivity contribution in [2.24, 2.45) is 0 Å². The van der Waals surface area contributed by atoms with Crippen molar-refractivity contribution >= 4 is 26.0 Å². The molecule has 0 saturated carbocycles. The first kappa shape index (κ1) is 12.7. The lowest BCUT2D eigenvalue weighted by Gasteiger charge is -2.09. The molecule has 0 spiro atoms. The Kier molecular flexibility index (Phi) is 3.92. The van der Waals surface area contributed by atoms with Gasteiger partial charge in [0.25, 0.3) is 10.1 Å². The first-order valence-electron chi connectivity index (χ1n) is 4.52. The number of hydrogen-bond donors (Lipinski definition) is 0. The van der Waals surface area contributed by atoms with Crippen LogP contribution in [0, 0.1) is 6.92 Å². The molecule has 0 unspecified atom stereocenters. The third kappa shape index (κ3) is 3.29. The van der Waals surface area contributed by atoms with Crippen LogP contribution in [0.15, 0.2) is 27.6 Å². The summed E-state index contributed by atoms with van der Waals surface area (Å²) in [4.78, 5) is 0.192. The van der Waals surface area contributed by atoms with Gasteiger partial charge in [-0.2, -0.15) is 8.42 Å². The molecule has 1 aromatic rings. The maximum Gasteiger partial charge on any atom is 0.297 e. The van der Waals surface area contributed by atoms with E-state index in [4.69, 9.17) is 4.18 Å². The zero-order valence-electron chi connectivity index (χ0n) is 8.82. The van der Waals surface area contributed by atoms with Crippen LogP contribution in [-0.4, -0.2) is 14.5 Å². The highest BCUT2D eigenvalue weighted by molar-refractivity contribution is 9.10. The zero-order valence-corrected chi connectivity index (χ0v) is 11.2. The van der Waals surface area contributed by atoms with Crippen molar-refractivity contribution in [2.75, 3.05) is 0 Å². The molecule has 0 aliphatic heterocycles. The van der Waals surface area contributed by atoms with Gasteiger partial charge in [-0.3, -0.25) is 4.18 Å². The predicted molar refractivity (Wildman–Crippen MR) is 62.3 cm³/mol. The van der Waals surface area contributed by atoms with Crippen LogP contribution in [0.4, 0.5) is 0 Å². The smallest absolute Gasteiger partial charge is 0.264 e. The molecule has 84 valence electrons. The van der Waals surface area contributed by atoms with Crippen molar-refractivity contribution < 1.29 is 12.6 Å². The molecule has 0 radical (unpaired) electrons. The van der Waals surface area contributed by atoms with E-state index in [2.05, 4.69) is 15.9 Å². The molecule has 0 bridgehead atoms. The minimum absolute atomic E-state index is 0.192. The normalized spacial score (nSPS) is 12.1. The molecule has 0 aromatic heterocycles. The second-order valence-corrected chi connectivity index (χ2v) is 5.94. The lowest BCUT2D eigenvalue weighted by Crippen LogP contribution is -2.12. The summed E-state index contributed by atoms with van der Waals surface area (Å²) < 4.78 is 29.1. The lowest BCUT2D eigenvalue weighted by atomic mass is 10.2. The molecule has 0 aliphatic carbocycles. The minimum Gasteiger partial charge on any atom is -0.264 e. The van der Waals surface area contributed by atoms with Crippen LogP contribution < -0.4 is 0 Å². The molecule has 0 heterocycles. The predicted octanol–water partition coefficient (Wildman–Crippen LogP) is 2.87. The fraction of sp³-hybridized carbons (Fsp3) is 0.400. The van der Waals surface area contributed by atoms with E-state index in [-0.39, 0.29) is 11.0 Å². The Morgan fingerprint density at radius 2 is 1.93 bits per heavy atom. The summed E-state index contributed by atoms with van der Waals surface area (Å²) in [5.41, 5.74) is 0.864. The number of rotatable bonds is 3. The van der Waals surface area contributed by atoms with Crippen molar-refractivity contribution in [3.8, 4) is 0 Å². The van der Waals surface area contributed by atoms with E-state index in [0.717, 1.165) is 10.0 Å². The topological polar surface area (TPSA) is 43.4 Å². The quantitative estimate of drug-likeness (QED) is 0.805. The Morgan fingerprint density at radius 3 is 2.40 bits per heavy atom. The molecule has 0 N–H and O–H groups in total. The molecule has 0 atom stereocenters. The number of halogens is 1. The second-order valence-electron chi connectivity index (χ2n) is 3.51. The van der Waals surface area contributed by atoms with Crippen LogP contribution >= 0.6 is 15.9 Å². The van der Waals surface area contributed by atoms with E-state index in [0.29, 0.717) is 0 Å². The van der Waals surface area contributed by atoms with Crippen molar-refractivity contribution in [1.29, 1.82) is 0 Å². The van der Waals surface area contributed by atoms with Gasteiger partial charge in [-0.15, -0.1) is 0 Å². The largest absolute Gasteiger partial charge is 0.297 e. The van der Waals surface area contributed by atoms with Crippen LogP contribution in [0.1, 0.15) is 19.4 Å². The average molecular weight is 293 g/mol. The molecular weight excluding hydrogens is 280 g/mol. The Hall–Kier alpha value is -0.390. The Balaban J connectivity index is 3.11. The lowest BCUT2D eigenvalue weighted by molar-refractivity contribution is 0.249. The summed E-state index contributed by atoms with van der Waals surface area (Å²) in [6.07, 6.45) is -0.348. The zero-order chi connectivity index (χ0) is 11.6. The van der Waals surface area contributed by atoms with Gasteiger partial charge < -0.3 is 0 Å². The highest BCUT2D eigenvalue weighted by atomic mass is 79.9. The van der Waals surface area contributed by atoms with Crippen LogP contribution in [0.5, 0.6) is 0 Å². The molecule has 15 heavy (non-hydrogen) atoms. The van der Waals surface area contributed by atoms with Crippen molar-refractivity contribution in [1.82, 2.24) is 0 Å². The van der Waals surface area contributed by atoms with Crippen LogP contribution in [0.3, 0.4) is 0 Å². The molecule has 1 rings (SSSR count). The molecule has 0 aliphatic rings. The maximum absolute atomic E-state index is 11.7. The second kappa shape index (κ2) is 4.63. The fourth-order valence-electron chi connectivity index (χ4n) is 1.08. The van der Waals surface area contributed by atoms with Crippen molar-refractivity contribution in [3.05, 3.63) is 28.2 Å². The van der Waals surface area contributed by atoms with E-state index in [1.807, 2.05) is 6.92 Å². The molecular formula is C10H13BrO3S. The Labute approximate surface area is 98.7 Å². The summed E-state index contributed by atoms with van der Waals surface area (Å²) in [6, 6.07) is 4.81. The highest BCUT2D eigenvalue weighted by Crippen LogP contribution is 2.21. The van der Waals surface area contributed by atoms with Crippen LogP contribution in [0.25, 0.3) is 0 Å². The number of benzene rings is 1. The van der Waals surface area contributed by atoms with E-state index in [1.54, 1.807) is 26.0 Å². The van der Waals surface area contributed by atoms with Gasteiger partial charge in [0.1, 0.15) is 0 Å². The summed E-state index contributed by atoms with van der Waals surface area (Å²) >= 11 is 3.31. The summed E-state index contributed by atoms with van der Waals surface area (Å²) in [5.74, 6) is 0. The van der Waals surface area contributed by atoms with E-state index < -0.39 is 10.1 Å². The Morgan fingerprint density at radius 1 is 1.33 bits per heavy atom. The summed E-state index contributed by atoms with van der Waals surface area (Å²) in [5, 5.41) is 0. The van der Waals surface area contributed by atoms with Gasteiger partial charge in [-0.1, -0.05) is 15.9 Å². The molecule has 0 amide bonds. The van der Waals surface area contributed by atoms with E-state index in [1.165, 1.54) is 6.07 Å². The summed E-state index contributed by atoms with van der Waals surface area (Å²) in [6.45, 7) is 5.20. The van der Waals surface area contributed by atoms with Gasteiger partial charge in [0.2, 0.25) is 0 Å². The fourth-order valence-corrected chi connectivity index (χ4v) is 2.50. The number of aryl methyl sites for hydroxylation is 1. The minimum atomic E-state index is -3.62. The molecule has 5 heteroatoms. The molecule has 0 saturated heterocycles. The van der Waals surface area contributed by atoms with Gasteiger partial charge in [-0.05, 0) is 44.5 Å². The van der Waals surface area contributed by atoms with Gasteiger partial charge in [0.05, 0.1) is 11.0 Å².